The van der Waals surface area contributed by atoms with Crippen molar-refractivity contribution in [1.29, 1.82) is 0 Å². The Balaban J connectivity index is 2.52. The van der Waals surface area contributed by atoms with E-state index in [0.29, 0.717) is 0 Å². The van der Waals surface area contributed by atoms with Gasteiger partial charge in [-0.2, -0.15) is 0 Å². The molecule has 3 nitrogen and oxygen atoms in total. The van der Waals surface area contributed by atoms with Crippen LogP contribution in [0.25, 0.3) is 0 Å². The third-order valence-corrected chi connectivity index (χ3v) is 2.16. The van der Waals surface area contributed by atoms with Crippen molar-refractivity contribution in [1.82, 2.24) is 0 Å². The Morgan fingerprint density at radius 2 is 1.93 bits per heavy atom. The number of halogens is 1. The monoisotopic (exact) mass is 225 g/mol. The van der Waals surface area contributed by atoms with Crippen LogP contribution in [0.2, 0.25) is 0 Å². The van der Waals surface area contributed by atoms with Crippen molar-refractivity contribution in [3.05, 3.63) is 29.8 Å². The van der Waals surface area contributed by atoms with Gasteiger partial charge in [-0.25, -0.2) is 0 Å². The second-order valence-electron chi connectivity index (χ2n) is 3.22. The first-order chi connectivity index (χ1) is 7.09. The van der Waals surface area contributed by atoms with Crippen LogP contribution in [0.1, 0.15) is 18.4 Å². The number of rotatable bonds is 4. The number of nitrogens with one attached hydrogen (secondary N) is 1. The Morgan fingerprint density at radius 1 is 1.27 bits per heavy atom. The molecular formula is C11H12ClNO2. The van der Waals surface area contributed by atoms with E-state index in [1.165, 1.54) is 0 Å². The van der Waals surface area contributed by atoms with Crippen LogP contribution in [0.4, 0.5) is 5.69 Å². The normalized spacial score (nSPS) is 9.73. The highest BCUT2D eigenvalue weighted by molar-refractivity contribution is 6.63. The highest BCUT2D eigenvalue weighted by atomic mass is 35.5. The smallest absolute Gasteiger partial charge is 0.224 e. The van der Waals surface area contributed by atoms with E-state index in [2.05, 4.69) is 5.32 Å². The van der Waals surface area contributed by atoms with E-state index in [1.54, 1.807) is 0 Å². The largest absolute Gasteiger partial charge is 0.326 e. The van der Waals surface area contributed by atoms with Crippen LogP contribution in [0.15, 0.2) is 24.3 Å². The molecule has 0 radical (unpaired) electrons. The topological polar surface area (TPSA) is 46.2 Å². The summed E-state index contributed by atoms with van der Waals surface area (Å²) in [7, 11) is 0. The predicted molar refractivity (Wildman–Crippen MR) is 59.9 cm³/mol. The summed E-state index contributed by atoms with van der Waals surface area (Å²) in [6.45, 7) is 1.91. The minimum absolute atomic E-state index is 0.0687. The number of benzene rings is 1. The number of hydrogen-bond acceptors (Lipinski definition) is 2. The molecule has 80 valence electrons. The molecule has 1 rings (SSSR count). The summed E-state index contributed by atoms with van der Waals surface area (Å²) in [5.74, 6) is -0.196. The lowest BCUT2D eigenvalue weighted by molar-refractivity contribution is -0.119. The molecule has 0 fully saturated rings. The molecule has 15 heavy (non-hydrogen) atoms. The van der Waals surface area contributed by atoms with Gasteiger partial charge in [0.1, 0.15) is 0 Å². The van der Waals surface area contributed by atoms with Crippen LogP contribution in [-0.4, -0.2) is 11.1 Å². The first-order valence-corrected chi connectivity index (χ1v) is 5.01. The summed E-state index contributed by atoms with van der Waals surface area (Å²) in [5, 5.41) is 2.22. The molecule has 0 aliphatic rings. The fraction of sp³-hybridized carbons (Fsp3) is 0.273. The standard InChI is InChI=1S/C11H12ClNO2/c1-8-4-2-3-5-9(8)13-11(15)7-6-10(12)14/h2-5H,6-7H2,1H3,(H,13,15). The van der Waals surface area contributed by atoms with Crippen LogP contribution in [0.5, 0.6) is 0 Å². The zero-order valence-corrected chi connectivity index (χ0v) is 9.17. The molecule has 0 saturated carbocycles. The minimum Gasteiger partial charge on any atom is -0.326 e. The maximum absolute atomic E-state index is 11.3. The molecule has 0 saturated heterocycles. The van der Waals surface area contributed by atoms with Gasteiger partial charge in [0.05, 0.1) is 0 Å². The first-order valence-electron chi connectivity index (χ1n) is 4.63. The summed E-state index contributed by atoms with van der Waals surface area (Å²) in [6, 6.07) is 7.46. The second-order valence-corrected chi connectivity index (χ2v) is 3.64. The summed E-state index contributed by atoms with van der Waals surface area (Å²) in [6.07, 6.45) is 0.190. The predicted octanol–water partition coefficient (Wildman–Crippen LogP) is 2.48. The molecule has 0 unspecified atom stereocenters. The van der Waals surface area contributed by atoms with E-state index in [4.69, 9.17) is 11.6 Å². The number of carbonyl (C=O) groups is 2. The summed E-state index contributed by atoms with van der Waals surface area (Å²) < 4.78 is 0. The van der Waals surface area contributed by atoms with E-state index < -0.39 is 5.24 Å². The number of amides is 1. The number of aryl methyl sites for hydroxylation is 1. The van der Waals surface area contributed by atoms with Crippen molar-refractivity contribution < 1.29 is 9.59 Å². The number of para-hydroxylation sites is 1. The van der Waals surface area contributed by atoms with Gasteiger partial charge in [-0.05, 0) is 30.2 Å². The van der Waals surface area contributed by atoms with Gasteiger partial charge < -0.3 is 5.32 Å². The fourth-order valence-corrected chi connectivity index (χ4v) is 1.23. The lowest BCUT2D eigenvalue weighted by Crippen LogP contribution is -2.12. The van der Waals surface area contributed by atoms with Gasteiger partial charge in [-0.15, -0.1) is 0 Å². The Bertz CT molecular complexity index is 377. The second kappa shape index (κ2) is 5.51. The van der Waals surface area contributed by atoms with Crippen LogP contribution in [-0.2, 0) is 9.59 Å². The summed E-state index contributed by atoms with van der Waals surface area (Å²) in [4.78, 5) is 21.8. The van der Waals surface area contributed by atoms with Crippen LogP contribution in [0.3, 0.4) is 0 Å². The van der Waals surface area contributed by atoms with Crippen LogP contribution in [0, 0.1) is 6.92 Å². The Morgan fingerprint density at radius 3 is 2.53 bits per heavy atom. The van der Waals surface area contributed by atoms with Gasteiger partial charge in [0, 0.05) is 18.5 Å². The maximum Gasteiger partial charge on any atom is 0.224 e. The van der Waals surface area contributed by atoms with E-state index in [9.17, 15) is 9.59 Å². The molecule has 1 aromatic rings. The van der Waals surface area contributed by atoms with Gasteiger partial charge in [0.25, 0.3) is 0 Å². The Hall–Kier alpha value is -1.35. The quantitative estimate of drug-likeness (QED) is 0.801. The molecule has 0 spiro atoms. The van der Waals surface area contributed by atoms with Crippen molar-refractivity contribution in [2.75, 3.05) is 5.32 Å². The van der Waals surface area contributed by atoms with Gasteiger partial charge in [0.2, 0.25) is 11.1 Å². The molecule has 0 bridgehead atoms. The number of hydrogen-bond donors (Lipinski definition) is 1. The molecule has 0 aliphatic carbocycles. The molecule has 0 aromatic heterocycles. The van der Waals surface area contributed by atoms with Crippen molar-refractivity contribution in [3.8, 4) is 0 Å². The van der Waals surface area contributed by atoms with E-state index in [-0.39, 0.29) is 18.7 Å². The minimum atomic E-state index is -0.491. The first kappa shape index (κ1) is 11.7. The molecular weight excluding hydrogens is 214 g/mol. The average molecular weight is 226 g/mol. The highest BCUT2D eigenvalue weighted by Crippen LogP contribution is 2.13. The van der Waals surface area contributed by atoms with Crippen molar-refractivity contribution in [2.24, 2.45) is 0 Å². The van der Waals surface area contributed by atoms with Crippen molar-refractivity contribution >= 4 is 28.4 Å². The van der Waals surface area contributed by atoms with Crippen molar-refractivity contribution in [2.45, 2.75) is 19.8 Å². The zero-order chi connectivity index (χ0) is 11.3. The lowest BCUT2D eigenvalue weighted by atomic mass is 10.2. The summed E-state index contributed by atoms with van der Waals surface area (Å²) in [5.41, 5.74) is 1.76. The van der Waals surface area contributed by atoms with Crippen molar-refractivity contribution in [3.63, 3.8) is 0 Å². The molecule has 0 aliphatic heterocycles. The molecule has 1 amide bonds. The number of anilines is 1. The van der Waals surface area contributed by atoms with Gasteiger partial charge in [0.15, 0.2) is 0 Å². The number of carbonyl (C=O) groups excluding carboxylic acids is 2. The van der Waals surface area contributed by atoms with Crippen LogP contribution >= 0.6 is 11.6 Å². The van der Waals surface area contributed by atoms with Gasteiger partial charge in [-0.1, -0.05) is 18.2 Å². The zero-order valence-electron chi connectivity index (χ0n) is 8.42. The highest BCUT2D eigenvalue weighted by Gasteiger charge is 2.06. The third-order valence-electron chi connectivity index (χ3n) is 1.97. The average Bonchev–Trinajstić information content (AvgIpc) is 2.18. The molecule has 0 heterocycles. The van der Waals surface area contributed by atoms with Gasteiger partial charge >= 0.3 is 0 Å². The molecule has 4 heteroatoms. The van der Waals surface area contributed by atoms with E-state index in [0.717, 1.165) is 11.3 Å². The lowest BCUT2D eigenvalue weighted by Gasteiger charge is -2.06. The van der Waals surface area contributed by atoms with E-state index in [1.807, 2.05) is 31.2 Å². The Labute approximate surface area is 93.4 Å². The third kappa shape index (κ3) is 4.13. The van der Waals surface area contributed by atoms with E-state index >= 15 is 0 Å². The van der Waals surface area contributed by atoms with Gasteiger partial charge in [-0.3, -0.25) is 9.59 Å². The maximum atomic E-state index is 11.3. The van der Waals surface area contributed by atoms with Crippen LogP contribution < -0.4 is 5.32 Å². The molecule has 0 atom stereocenters. The Kier molecular flexibility index (Phi) is 4.31. The SMILES string of the molecule is Cc1ccccc1NC(=O)CCC(=O)Cl. The fourth-order valence-electron chi connectivity index (χ4n) is 1.14. The molecule has 1 N–H and O–H groups in total. The summed E-state index contributed by atoms with van der Waals surface area (Å²) >= 11 is 5.14. The molecule has 1 aromatic carbocycles.